The van der Waals surface area contributed by atoms with Crippen molar-refractivity contribution in [2.45, 2.75) is 18.7 Å². The Hall–Kier alpha value is -1.46. The van der Waals surface area contributed by atoms with Crippen molar-refractivity contribution < 1.29 is 13.9 Å². The van der Waals surface area contributed by atoms with Gasteiger partial charge in [0, 0.05) is 25.2 Å². The number of morpholine rings is 1. The van der Waals surface area contributed by atoms with Gasteiger partial charge >= 0.3 is 0 Å². The van der Waals surface area contributed by atoms with Crippen LogP contribution in [0.25, 0.3) is 0 Å². The lowest BCUT2D eigenvalue weighted by Gasteiger charge is -2.25. The van der Waals surface area contributed by atoms with Crippen LogP contribution in [-0.4, -0.2) is 42.6 Å². The van der Waals surface area contributed by atoms with E-state index in [-0.39, 0.29) is 30.5 Å². The third-order valence-corrected chi connectivity index (χ3v) is 3.47. The fourth-order valence-electron chi connectivity index (χ4n) is 2.59. The average molecular weight is 250 g/mol. The van der Waals surface area contributed by atoms with E-state index in [2.05, 4.69) is 10.2 Å². The number of fused-ring (bicyclic) bond motifs is 1. The highest BCUT2D eigenvalue weighted by Crippen LogP contribution is 2.19. The van der Waals surface area contributed by atoms with Crippen molar-refractivity contribution in [1.82, 2.24) is 10.2 Å². The lowest BCUT2D eigenvalue weighted by molar-refractivity contribution is -0.134. The van der Waals surface area contributed by atoms with E-state index in [1.54, 1.807) is 12.1 Å². The smallest absolute Gasteiger partial charge is 0.246 e. The number of hydrogen-bond acceptors (Lipinski definition) is 3. The fourth-order valence-corrected chi connectivity index (χ4v) is 2.59. The maximum Gasteiger partial charge on any atom is 0.246 e. The summed E-state index contributed by atoms with van der Waals surface area (Å²) >= 11 is 0. The summed E-state index contributed by atoms with van der Waals surface area (Å²) in [6, 6.07) is 6.82. The largest absolute Gasteiger partial charge is 0.365 e. The summed E-state index contributed by atoms with van der Waals surface area (Å²) in [7, 11) is 0. The normalized spacial score (nSPS) is 27.9. The number of hydrogen-bond donors (Lipinski definition) is 1. The van der Waals surface area contributed by atoms with Gasteiger partial charge in [0.2, 0.25) is 5.91 Å². The predicted octanol–water partition coefficient (Wildman–Crippen LogP) is 0.525. The molecule has 0 saturated carbocycles. The van der Waals surface area contributed by atoms with Crippen LogP contribution in [0.5, 0.6) is 0 Å². The second-order valence-corrected chi connectivity index (χ2v) is 4.81. The highest BCUT2D eigenvalue weighted by Gasteiger charge is 2.37. The summed E-state index contributed by atoms with van der Waals surface area (Å²) in [5.41, 5.74) is 0.683. The van der Waals surface area contributed by atoms with Crippen molar-refractivity contribution in [3.05, 3.63) is 35.6 Å². The molecule has 0 unspecified atom stereocenters. The minimum atomic E-state index is -0.183. The van der Waals surface area contributed by atoms with E-state index in [1.807, 2.05) is 6.07 Å². The highest BCUT2D eigenvalue weighted by molar-refractivity contribution is 5.78. The number of nitrogens with one attached hydrogen (secondary N) is 1. The Kier molecular flexibility index (Phi) is 3.01. The van der Waals surface area contributed by atoms with E-state index in [0.29, 0.717) is 18.7 Å². The molecule has 2 saturated heterocycles. The van der Waals surface area contributed by atoms with Crippen molar-refractivity contribution in [1.29, 1.82) is 0 Å². The van der Waals surface area contributed by atoms with Gasteiger partial charge in [-0.25, -0.2) is 4.39 Å². The third-order valence-electron chi connectivity index (χ3n) is 3.47. The van der Waals surface area contributed by atoms with Gasteiger partial charge in [0.25, 0.3) is 0 Å². The van der Waals surface area contributed by atoms with Gasteiger partial charge in [-0.1, -0.05) is 18.2 Å². The first kappa shape index (κ1) is 11.6. The Morgan fingerprint density at radius 2 is 2.22 bits per heavy atom. The molecule has 1 N–H and O–H groups in total. The van der Waals surface area contributed by atoms with Crippen molar-refractivity contribution >= 4 is 5.91 Å². The Balaban J connectivity index is 1.66. The lowest BCUT2D eigenvalue weighted by atomic mass is 10.2. The topological polar surface area (TPSA) is 41.6 Å². The summed E-state index contributed by atoms with van der Waals surface area (Å²) in [5, 5.41) is 2.91. The zero-order valence-corrected chi connectivity index (χ0v) is 9.93. The van der Waals surface area contributed by atoms with Crippen molar-refractivity contribution in [2.75, 3.05) is 19.7 Å². The van der Waals surface area contributed by atoms with Crippen molar-refractivity contribution in [2.24, 2.45) is 0 Å². The van der Waals surface area contributed by atoms with Crippen molar-refractivity contribution in [3.8, 4) is 0 Å². The molecule has 5 heteroatoms. The molecule has 96 valence electrons. The minimum absolute atomic E-state index is 0.0365. The molecule has 2 fully saturated rings. The van der Waals surface area contributed by atoms with Crippen molar-refractivity contribution in [3.63, 3.8) is 0 Å². The number of halogens is 1. The molecule has 0 spiro atoms. The molecule has 0 aromatic heterocycles. The number of benzene rings is 1. The van der Waals surface area contributed by atoms with Gasteiger partial charge in [0.05, 0.1) is 12.1 Å². The van der Waals surface area contributed by atoms with Crippen LogP contribution in [0.3, 0.4) is 0 Å². The van der Waals surface area contributed by atoms with Crippen LogP contribution in [-0.2, 0) is 16.1 Å². The molecule has 2 atom stereocenters. The van der Waals surface area contributed by atoms with E-state index in [9.17, 15) is 9.18 Å². The van der Waals surface area contributed by atoms with Crippen LogP contribution in [0.15, 0.2) is 24.3 Å². The number of ether oxygens (including phenoxy) is 1. The van der Waals surface area contributed by atoms with Gasteiger partial charge in [0.1, 0.15) is 12.4 Å². The van der Waals surface area contributed by atoms with Gasteiger partial charge in [-0.2, -0.15) is 0 Å². The Morgan fingerprint density at radius 1 is 1.39 bits per heavy atom. The molecule has 2 heterocycles. The van der Waals surface area contributed by atoms with Crippen LogP contribution < -0.4 is 5.32 Å². The molecular formula is C13H15FN2O2. The van der Waals surface area contributed by atoms with E-state index in [4.69, 9.17) is 4.74 Å². The van der Waals surface area contributed by atoms with Crippen LogP contribution >= 0.6 is 0 Å². The van der Waals surface area contributed by atoms with Gasteiger partial charge in [-0.05, 0) is 6.07 Å². The number of carbonyl (C=O) groups is 1. The molecule has 0 bridgehead atoms. The first-order valence-electron chi connectivity index (χ1n) is 6.09. The first-order valence-corrected chi connectivity index (χ1v) is 6.09. The molecule has 2 aliphatic heterocycles. The summed E-state index contributed by atoms with van der Waals surface area (Å²) in [6.07, 6.45) is 0.0365. The molecule has 1 aromatic carbocycles. The van der Waals surface area contributed by atoms with E-state index >= 15 is 0 Å². The Labute approximate surface area is 105 Å². The standard InChI is InChI=1S/C13H15FN2O2/c14-10-4-2-1-3-9(10)5-16-6-11-12(7-16)18-8-13(17)15-11/h1-4,11-12H,5-8H2,(H,15,17)/t11-,12+/m1/s1. The van der Waals surface area contributed by atoms with Crippen LogP contribution in [0, 0.1) is 5.82 Å². The van der Waals surface area contributed by atoms with Gasteiger partial charge in [-0.3, -0.25) is 9.69 Å². The zero-order chi connectivity index (χ0) is 12.5. The SMILES string of the molecule is O=C1CO[C@H]2CN(Cc3ccccc3F)C[C@H]2N1. The van der Waals surface area contributed by atoms with Crippen LogP contribution in [0.2, 0.25) is 0 Å². The minimum Gasteiger partial charge on any atom is -0.365 e. The molecule has 18 heavy (non-hydrogen) atoms. The van der Waals surface area contributed by atoms with Gasteiger partial charge in [-0.15, -0.1) is 0 Å². The number of rotatable bonds is 2. The Morgan fingerprint density at radius 3 is 3.06 bits per heavy atom. The molecule has 1 aromatic rings. The summed E-state index contributed by atoms with van der Waals surface area (Å²) in [6.45, 7) is 2.14. The van der Waals surface area contributed by atoms with Gasteiger partial charge < -0.3 is 10.1 Å². The lowest BCUT2D eigenvalue weighted by Crippen LogP contribution is -2.50. The molecule has 0 aliphatic carbocycles. The third kappa shape index (κ3) is 2.23. The molecule has 0 radical (unpaired) electrons. The molecule has 3 rings (SSSR count). The summed E-state index contributed by atoms with van der Waals surface area (Å²) < 4.78 is 19.0. The monoisotopic (exact) mass is 250 g/mol. The number of amides is 1. The number of nitrogens with zero attached hydrogens (tertiary/aromatic N) is 1. The molecule has 2 aliphatic rings. The summed E-state index contributed by atoms with van der Waals surface area (Å²) in [4.78, 5) is 13.3. The second-order valence-electron chi connectivity index (χ2n) is 4.81. The quantitative estimate of drug-likeness (QED) is 0.832. The van der Waals surface area contributed by atoms with Gasteiger partial charge in [0.15, 0.2) is 0 Å². The summed E-state index contributed by atoms with van der Waals surface area (Å²) in [5.74, 6) is -0.249. The molecular weight excluding hydrogens is 235 g/mol. The van der Waals surface area contributed by atoms with E-state index < -0.39 is 0 Å². The van der Waals surface area contributed by atoms with Crippen LogP contribution in [0.4, 0.5) is 4.39 Å². The maximum absolute atomic E-state index is 13.5. The predicted molar refractivity (Wildman–Crippen MR) is 63.3 cm³/mol. The second kappa shape index (κ2) is 4.66. The highest BCUT2D eigenvalue weighted by atomic mass is 19.1. The fraction of sp³-hybridized carbons (Fsp3) is 0.462. The average Bonchev–Trinajstić information content (AvgIpc) is 2.73. The molecule has 4 nitrogen and oxygen atoms in total. The van der Waals surface area contributed by atoms with E-state index in [1.165, 1.54) is 6.07 Å². The zero-order valence-electron chi connectivity index (χ0n) is 9.93. The van der Waals surface area contributed by atoms with E-state index in [0.717, 1.165) is 6.54 Å². The maximum atomic E-state index is 13.5. The molecule has 1 amide bonds. The van der Waals surface area contributed by atoms with Crippen LogP contribution in [0.1, 0.15) is 5.56 Å². The first-order chi connectivity index (χ1) is 8.72. The number of carbonyl (C=O) groups excluding carboxylic acids is 1. The number of likely N-dealkylation sites (tertiary alicyclic amines) is 1. The Bertz CT molecular complexity index is 466.